The second-order valence-electron chi connectivity index (χ2n) is 21.9. The molecule has 0 amide bonds. The standard InChI is InChI=1S/2C19H29NO3.C19H27NO3.B.Na.H/c3*1-12(2)7-14-11-20-6-5-13-8-18(22-3)19(23-4)9-15(13)16(20)10-17(14)21;;;/h2*8-9,12,14,16-17,21H,5-7,10-11H2,1-4H3;8-9,12,14,16H,5-7,10-11H2,1-4H3;;;/q;;;;+1;-1/t14-,16-,17+;14-,16-,17-;14-,16-;;;/m111.../s1. The van der Waals surface area contributed by atoms with Crippen LogP contribution in [0.4, 0.5) is 0 Å². The van der Waals surface area contributed by atoms with Gasteiger partial charge in [0, 0.05) is 78.1 Å². The summed E-state index contributed by atoms with van der Waals surface area (Å²) >= 11 is 0. The molecule has 12 nitrogen and oxygen atoms in total. The molecule has 6 heterocycles. The van der Waals surface area contributed by atoms with Crippen LogP contribution in [-0.4, -0.2) is 133 Å². The molecule has 0 spiro atoms. The Balaban J connectivity index is 0.000000230. The molecule has 3 aromatic carbocycles. The van der Waals surface area contributed by atoms with E-state index in [-0.39, 0.29) is 63.6 Å². The van der Waals surface area contributed by atoms with Crippen LogP contribution in [0, 0.1) is 35.5 Å². The van der Waals surface area contributed by atoms with Crippen LogP contribution >= 0.6 is 0 Å². The van der Waals surface area contributed by atoms with E-state index in [0.717, 1.165) is 125 Å². The number of nitrogens with zero attached hydrogens (tertiary/aromatic N) is 3. The topological polar surface area (TPSA) is 123 Å². The van der Waals surface area contributed by atoms with Crippen LogP contribution in [0.1, 0.15) is 133 Å². The van der Waals surface area contributed by atoms with Gasteiger partial charge in [0.25, 0.3) is 0 Å². The maximum atomic E-state index is 12.6. The minimum absolute atomic E-state index is 0. The zero-order chi connectivity index (χ0) is 49.7. The summed E-state index contributed by atoms with van der Waals surface area (Å²) in [6.07, 6.45) is 8.13. The fourth-order valence-corrected chi connectivity index (χ4v) is 12.6. The van der Waals surface area contributed by atoms with E-state index in [1.54, 1.807) is 42.7 Å². The molecular weight excluding hydrogens is 904 g/mol. The number of carbonyl (C=O) groups is 1. The van der Waals surface area contributed by atoms with Gasteiger partial charge in [-0.05, 0) is 151 Å². The monoisotopic (exact) mass is 991 g/mol. The normalized spacial score (nSPS) is 25.7. The molecule has 6 aliphatic rings. The third-order valence-electron chi connectivity index (χ3n) is 15.9. The van der Waals surface area contributed by atoms with Gasteiger partial charge in [0.05, 0.1) is 54.9 Å². The third kappa shape index (κ3) is 13.6. The average molecular weight is 991 g/mol. The molecular formula is C57H86BN3NaO9. The number of piperidine rings is 3. The van der Waals surface area contributed by atoms with Gasteiger partial charge in [-0.1, -0.05) is 41.5 Å². The Labute approximate surface area is 452 Å². The van der Waals surface area contributed by atoms with Crippen molar-refractivity contribution in [2.24, 2.45) is 35.5 Å². The predicted octanol–water partition coefficient (Wildman–Crippen LogP) is 6.03. The third-order valence-corrected chi connectivity index (χ3v) is 15.9. The number of ether oxygens (including phenoxy) is 6. The quantitative estimate of drug-likeness (QED) is 0.206. The van der Waals surface area contributed by atoms with Crippen LogP contribution in [-0.2, 0) is 24.1 Å². The Hall–Kier alpha value is -3.01. The summed E-state index contributed by atoms with van der Waals surface area (Å²) in [5.74, 6) is 7.95. The Morgan fingerprint density at radius 3 is 1.14 bits per heavy atom. The minimum Gasteiger partial charge on any atom is -1.00 e. The van der Waals surface area contributed by atoms with Gasteiger partial charge >= 0.3 is 29.6 Å². The summed E-state index contributed by atoms with van der Waals surface area (Å²) in [6, 6.07) is 13.4. The van der Waals surface area contributed by atoms with E-state index in [4.69, 9.17) is 28.4 Å². The summed E-state index contributed by atoms with van der Waals surface area (Å²) in [5, 5.41) is 21.3. The molecule has 14 heteroatoms. The van der Waals surface area contributed by atoms with Crippen LogP contribution in [0.3, 0.4) is 0 Å². The van der Waals surface area contributed by atoms with Crippen LogP contribution in [0.5, 0.6) is 34.5 Å². The van der Waals surface area contributed by atoms with E-state index in [0.29, 0.717) is 53.9 Å². The van der Waals surface area contributed by atoms with Crippen molar-refractivity contribution >= 4 is 14.2 Å². The van der Waals surface area contributed by atoms with Gasteiger partial charge < -0.3 is 40.1 Å². The molecule has 8 atom stereocenters. The van der Waals surface area contributed by atoms with Gasteiger partial charge in [-0.2, -0.15) is 0 Å². The van der Waals surface area contributed by atoms with E-state index >= 15 is 0 Å². The molecule has 0 saturated carbocycles. The first-order chi connectivity index (χ1) is 33.1. The number of aliphatic hydroxyl groups excluding tert-OH is 2. The summed E-state index contributed by atoms with van der Waals surface area (Å²) in [5.41, 5.74) is 7.80. The molecule has 0 aromatic heterocycles. The Morgan fingerprint density at radius 2 is 0.817 bits per heavy atom. The average Bonchev–Trinajstić information content (AvgIpc) is 3.33. The number of aliphatic hydroxyl groups is 2. The first-order valence-corrected chi connectivity index (χ1v) is 25.9. The largest absolute Gasteiger partial charge is 1.00 e. The van der Waals surface area contributed by atoms with Gasteiger partial charge in [0.1, 0.15) is 5.78 Å². The van der Waals surface area contributed by atoms with Crippen LogP contribution in [0.25, 0.3) is 0 Å². The summed E-state index contributed by atoms with van der Waals surface area (Å²) in [4.78, 5) is 20.2. The first-order valence-electron chi connectivity index (χ1n) is 25.9. The second kappa shape index (κ2) is 26.5. The molecule has 6 aliphatic heterocycles. The number of carbonyl (C=O) groups excluding carboxylic acids is 1. The summed E-state index contributed by atoms with van der Waals surface area (Å²) < 4.78 is 32.7. The molecule has 0 unspecified atom stereocenters. The summed E-state index contributed by atoms with van der Waals surface area (Å²) in [7, 11) is 10.1. The number of hydrogen-bond acceptors (Lipinski definition) is 12. The molecule has 3 radical (unpaired) electrons. The fraction of sp³-hybridized carbons (Fsp3) is 0.667. The van der Waals surface area contributed by atoms with Gasteiger partial charge in [-0.3, -0.25) is 19.5 Å². The number of fused-ring (bicyclic) bond motifs is 9. The zero-order valence-electron chi connectivity index (χ0n) is 46.6. The van der Waals surface area contributed by atoms with Crippen LogP contribution in [0.15, 0.2) is 36.4 Å². The SMILES string of the molecule is COc1cc2c(cc1OC)[C@H]1CC(=O)[C@H](CC(C)C)CN1CC2.COc1cc2c(cc1OC)[C@H]1C[C@@H](O)[C@H](CC(C)C)CN1CC2.COc1cc2c(cc1OC)[C@H]1C[C@H](O)[C@H](CC(C)C)CN1CC2.[B].[H-].[Na+]. The molecule has 0 aliphatic carbocycles. The van der Waals surface area contributed by atoms with Crippen LogP contribution in [0.2, 0.25) is 0 Å². The van der Waals surface area contributed by atoms with Crippen molar-refractivity contribution in [2.45, 2.75) is 130 Å². The van der Waals surface area contributed by atoms with E-state index in [9.17, 15) is 15.0 Å². The maximum absolute atomic E-state index is 12.6. The van der Waals surface area contributed by atoms with Crippen molar-refractivity contribution in [3.63, 3.8) is 0 Å². The Morgan fingerprint density at radius 1 is 0.507 bits per heavy atom. The molecule has 387 valence electrons. The predicted molar refractivity (Wildman–Crippen MR) is 279 cm³/mol. The number of ketones is 1. The van der Waals surface area contributed by atoms with Crippen LogP contribution < -0.4 is 58.0 Å². The Bertz CT molecular complexity index is 2120. The van der Waals surface area contributed by atoms with Gasteiger partial charge in [-0.25, -0.2) is 0 Å². The second-order valence-corrected chi connectivity index (χ2v) is 21.9. The van der Waals surface area contributed by atoms with E-state index < -0.39 is 0 Å². The molecule has 2 N–H and O–H groups in total. The molecule has 3 fully saturated rings. The van der Waals surface area contributed by atoms with Gasteiger partial charge in [0.2, 0.25) is 0 Å². The number of Topliss-reactive ketones (excluding diaryl/α,β-unsaturated/α-hetero) is 1. The molecule has 71 heavy (non-hydrogen) atoms. The fourth-order valence-electron chi connectivity index (χ4n) is 12.6. The number of benzene rings is 3. The van der Waals surface area contributed by atoms with E-state index in [2.05, 4.69) is 92.6 Å². The molecule has 0 bridgehead atoms. The van der Waals surface area contributed by atoms with Crippen molar-refractivity contribution in [2.75, 3.05) is 81.9 Å². The van der Waals surface area contributed by atoms with E-state index in [1.165, 1.54) is 33.4 Å². The number of methoxy groups -OCH3 is 6. The first kappa shape index (κ1) is 58.9. The van der Waals surface area contributed by atoms with Crippen molar-refractivity contribution in [1.29, 1.82) is 0 Å². The summed E-state index contributed by atoms with van der Waals surface area (Å²) in [6.45, 7) is 19.4. The van der Waals surface area contributed by atoms with Gasteiger partial charge in [0.15, 0.2) is 34.5 Å². The molecule has 3 saturated heterocycles. The maximum Gasteiger partial charge on any atom is 1.00 e. The molecule has 9 rings (SSSR count). The van der Waals surface area contributed by atoms with E-state index in [1.807, 2.05) is 0 Å². The zero-order valence-corrected chi connectivity index (χ0v) is 47.6. The number of rotatable bonds is 12. The Kier molecular flexibility index (Phi) is 21.9. The van der Waals surface area contributed by atoms with Crippen molar-refractivity contribution < 1.29 is 74.4 Å². The minimum atomic E-state index is -0.210. The smallest absolute Gasteiger partial charge is 1.00 e. The number of hydrogen-bond donors (Lipinski definition) is 2. The van der Waals surface area contributed by atoms with Crippen molar-refractivity contribution in [3.8, 4) is 34.5 Å². The molecule has 3 aromatic rings. The van der Waals surface area contributed by atoms with Gasteiger partial charge in [-0.15, -0.1) is 0 Å². The van der Waals surface area contributed by atoms with Crippen molar-refractivity contribution in [3.05, 3.63) is 69.8 Å². The van der Waals surface area contributed by atoms with Crippen molar-refractivity contribution in [1.82, 2.24) is 14.7 Å².